The number of nitrogens with one attached hydrogen (secondary N) is 1. The number of rotatable bonds is 5. The van der Waals surface area contributed by atoms with Gasteiger partial charge >= 0.3 is 6.18 Å². The third-order valence-electron chi connectivity index (χ3n) is 7.99. The van der Waals surface area contributed by atoms with Crippen molar-refractivity contribution in [3.8, 4) is 0 Å². The Morgan fingerprint density at radius 2 is 1.97 bits per heavy atom. The Balaban J connectivity index is 1.39. The second-order valence-corrected chi connectivity index (χ2v) is 10.1. The van der Waals surface area contributed by atoms with Crippen LogP contribution in [0.15, 0.2) is 72.0 Å². The van der Waals surface area contributed by atoms with Crippen LogP contribution in [-0.4, -0.2) is 0 Å². The Morgan fingerprint density at radius 1 is 1.18 bits per heavy atom. The maximum absolute atomic E-state index is 13.8. The monoisotopic (exact) mass is 463 g/mol. The molecule has 2 aromatic carbocycles. The van der Waals surface area contributed by atoms with Crippen LogP contribution < -0.4 is 5.32 Å². The average molecular weight is 464 g/mol. The molecule has 1 N–H and O–H groups in total. The van der Waals surface area contributed by atoms with Crippen LogP contribution in [0.4, 0.5) is 13.2 Å². The van der Waals surface area contributed by atoms with E-state index >= 15 is 0 Å². The highest BCUT2D eigenvalue weighted by atomic mass is 19.4. The van der Waals surface area contributed by atoms with Crippen LogP contribution in [0.1, 0.15) is 71.9 Å². The molecule has 3 atom stereocenters. The van der Waals surface area contributed by atoms with Gasteiger partial charge in [-0.15, -0.1) is 0 Å². The van der Waals surface area contributed by atoms with Gasteiger partial charge in [0, 0.05) is 18.2 Å². The Hall–Kier alpha value is -2.75. The summed E-state index contributed by atoms with van der Waals surface area (Å²) in [6, 6.07) is 10.3. The number of aryl methyl sites for hydroxylation is 1. The summed E-state index contributed by atoms with van der Waals surface area (Å²) in [5, 5.41) is 3.46. The zero-order chi connectivity index (χ0) is 24.0. The summed E-state index contributed by atoms with van der Waals surface area (Å²) < 4.78 is 41.4. The number of hydrogen-bond donors (Lipinski definition) is 1. The lowest BCUT2D eigenvalue weighted by molar-refractivity contribution is -0.138. The van der Waals surface area contributed by atoms with E-state index in [-0.39, 0.29) is 5.92 Å². The largest absolute Gasteiger partial charge is 0.416 e. The summed E-state index contributed by atoms with van der Waals surface area (Å²) in [6.07, 6.45) is 5.10. The molecule has 0 heterocycles. The van der Waals surface area contributed by atoms with Gasteiger partial charge in [0.2, 0.25) is 0 Å². The van der Waals surface area contributed by atoms with Crippen LogP contribution in [-0.2, 0) is 19.1 Å². The molecule has 0 saturated heterocycles. The molecule has 4 heteroatoms. The second-order valence-electron chi connectivity index (χ2n) is 10.1. The molecule has 1 nitrogen and oxygen atoms in total. The molecule has 0 aromatic heterocycles. The number of alkyl halides is 3. The van der Waals surface area contributed by atoms with Crippen molar-refractivity contribution < 1.29 is 13.2 Å². The predicted octanol–water partition coefficient (Wildman–Crippen LogP) is 8.00. The number of halogens is 3. The molecule has 178 valence electrons. The van der Waals surface area contributed by atoms with Crippen molar-refractivity contribution in [3.05, 3.63) is 105 Å². The van der Waals surface area contributed by atoms with Crippen molar-refractivity contribution in [1.82, 2.24) is 5.32 Å². The highest BCUT2D eigenvalue weighted by molar-refractivity contribution is 5.50. The smallest absolute Gasteiger partial charge is 0.381 e. The fourth-order valence-corrected chi connectivity index (χ4v) is 6.24. The lowest BCUT2D eigenvalue weighted by Gasteiger charge is -2.31. The Labute approximate surface area is 200 Å². The molecule has 2 saturated carbocycles. The molecule has 5 rings (SSSR count). The summed E-state index contributed by atoms with van der Waals surface area (Å²) in [6.45, 7) is 9.02. The molecule has 3 aliphatic carbocycles. The van der Waals surface area contributed by atoms with E-state index in [2.05, 4.69) is 50.0 Å². The minimum absolute atomic E-state index is 0.227. The van der Waals surface area contributed by atoms with Crippen LogP contribution in [0, 0.1) is 18.8 Å². The average Bonchev–Trinajstić information content (AvgIpc) is 3.48. The molecule has 34 heavy (non-hydrogen) atoms. The standard InChI is InChI=1S/C30H32F3N/c1-4-24-22(15-23-16-27(23)24)14-18(2)34-17-21-13-12-20-8-7-10-26(29(20)19(21)3)25-9-5-6-11-28(25)30(31,32)33/h4-6,9,11-14,23,26-27,34H,2,7-8,10,15-17H2,1,3H3/b22-14-,24-4+. The van der Waals surface area contributed by atoms with Gasteiger partial charge in [0.05, 0.1) is 5.56 Å². The Morgan fingerprint density at radius 3 is 2.74 bits per heavy atom. The predicted molar refractivity (Wildman–Crippen MR) is 131 cm³/mol. The number of benzene rings is 2. The van der Waals surface area contributed by atoms with Crippen molar-refractivity contribution in [2.45, 2.75) is 64.6 Å². The highest BCUT2D eigenvalue weighted by Crippen LogP contribution is 2.57. The zero-order valence-corrected chi connectivity index (χ0v) is 19.9. The van der Waals surface area contributed by atoms with Gasteiger partial charge in [-0.2, -0.15) is 13.2 Å². The van der Waals surface area contributed by atoms with E-state index in [1.165, 1.54) is 35.3 Å². The topological polar surface area (TPSA) is 12.0 Å². The van der Waals surface area contributed by atoms with Crippen LogP contribution >= 0.6 is 0 Å². The molecular formula is C30H32F3N. The Kier molecular flexibility index (Phi) is 5.95. The molecule has 3 unspecified atom stereocenters. The van der Waals surface area contributed by atoms with E-state index in [0.29, 0.717) is 12.1 Å². The third-order valence-corrected chi connectivity index (χ3v) is 7.99. The minimum atomic E-state index is -4.35. The first-order valence-corrected chi connectivity index (χ1v) is 12.3. The number of hydrogen-bond acceptors (Lipinski definition) is 1. The molecule has 0 spiro atoms. The van der Waals surface area contributed by atoms with E-state index in [0.717, 1.165) is 59.9 Å². The summed E-state index contributed by atoms with van der Waals surface area (Å²) in [5.41, 5.74) is 8.14. The SMILES string of the molecule is C=C(/C=C1/CC2CC2/C1=C/C)NCc1ccc2c(c1C)C(c1ccccc1C(F)(F)F)CCC2. The van der Waals surface area contributed by atoms with E-state index in [1.807, 2.05) is 0 Å². The van der Waals surface area contributed by atoms with Gasteiger partial charge in [-0.05, 0) is 109 Å². The first-order valence-electron chi connectivity index (χ1n) is 12.3. The van der Waals surface area contributed by atoms with Crippen molar-refractivity contribution in [2.75, 3.05) is 0 Å². The van der Waals surface area contributed by atoms with E-state index in [9.17, 15) is 13.2 Å². The first-order chi connectivity index (χ1) is 16.3. The van der Waals surface area contributed by atoms with Crippen molar-refractivity contribution in [2.24, 2.45) is 11.8 Å². The van der Waals surface area contributed by atoms with E-state index in [1.54, 1.807) is 12.1 Å². The fraction of sp³-hybridized carbons (Fsp3) is 0.400. The third kappa shape index (κ3) is 4.23. The second kappa shape index (κ2) is 8.79. The maximum atomic E-state index is 13.8. The molecule has 0 aliphatic heterocycles. The molecule has 0 amide bonds. The summed E-state index contributed by atoms with van der Waals surface area (Å²) in [4.78, 5) is 0. The van der Waals surface area contributed by atoms with Crippen LogP contribution in [0.25, 0.3) is 0 Å². The van der Waals surface area contributed by atoms with Gasteiger partial charge in [-0.1, -0.05) is 43.0 Å². The van der Waals surface area contributed by atoms with Gasteiger partial charge in [-0.3, -0.25) is 0 Å². The zero-order valence-electron chi connectivity index (χ0n) is 19.9. The molecule has 0 bridgehead atoms. The summed E-state index contributed by atoms with van der Waals surface area (Å²) >= 11 is 0. The van der Waals surface area contributed by atoms with Crippen LogP contribution in [0.2, 0.25) is 0 Å². The number of allylic oxidation sites excluding steroid dienone is 4. The van der Waals surface area contributed by atoms with E-state index < -0.39 is 11.7 Å². The highest BCUT2D eigenvalue weighted by Gasteiger charge is 2.46. The Bertz CT molecular complexity index is 1180. The number of fused-ring (bicyclic) bond motifs is 2. The summed E-state index contributed by atoms with van der Waals surface area (Å²) in [7, 11) is 0. The molecule has 2 fully saturated rings. The van der Waals surface area contributed by atoms with Gasteiger partial charge in [0.15, 0.2) is 0 Å². The van der Waals surface area contributed by atoms with Crippen molar-refractivity contribution in [3.63, 3.8) is 0 Å². The summed E-state index contributed by atoms with van der Waals surface area (Å²) in [5.74, 6) is 1.35. The van der Waals surface area contributed by atoms with Gasteiger partial charge in [0.1, 0.15) is 0 Å². The quantitative estimate of drug-likeness (QED) is 0.474. The normalized spacial score (nSPS) is 25.9. The fourth-order valence-electron chi connectivity index (χ4n) is 6.24. The van der Waals surface area contributed by atoms with Crippen LogP contribution in [0.3, 0.4) is 0 Å². The minimum Gasteiger partial charge on any atom is -0.381 e. The molecule has 0 radical (unpaired) electrons. The lowest BCUT2D eigenvalue weighted by atomic mass is 9.74. The molecular weight excluding hydrogens is 431 g/mol. The van der Waals surface area contributed by atoms with E-state index in [4.69, 9.17) is 0 Å². The van der Waals surface area contributed by atoms with Crippen LogP contribution in [0.5, 0.6) is 0 Å². The molecule has 3 aliphatic rings. The van der Waals surface area contributed by atoms with Crippen molar-refractivity contribution in [1.29, 1.82) is 0 Å². The van der Waals surface area contributed by atoms with Gasteiger partial charge in [-0.25, -0.2) is 0 Å². The molecule has 2 aromatic rings. The van der Waals surface area contributed by atoms with Crippen molar-refractivity contribution >= 4 is 0 Å². The lowest BCUT2D eigenvalue weighted by Crippen LogP contribution is -2.19. The van der Waals surface area contributed by atoms with Gasteiger partial charge in [0.25, 0.3) is 0 Å². The first kappa shape index (κ1) is 23.0. The van der Waals surface area contributed by atoms with Gasteiger partial charge < -0.3 is 5.32 Å². The maximum Gasteiger partial charge on any atom is 0.416 e.